The van der Waals surface area contributed by atoms with E-state index in [4.69, 9.17) is 4.74 Å². The van der Waals surface area contributed by atoms with Crippen LogP contribution in [-0.2, 0) is 29.0 Å². The van der Waals surface area contributed by atoms with Crippen molar-refractivity contribution in [2.75, 3.05) is 26.3 Å². The van der Waals surface area contributed by atoms with Gasteiger partial charge in [-0.1, -0.05) is 48.5 Å². The maximum Gasteiger partial charge on any atom is 0.227 e. The normalized spacial score (nSPS) is 20.1. The number of hydrogen-bond acceptors (Lipinski definition) is 3. The molecule has 1 saturated heterocycles. The number of rotatable bonds is 5. The third-order valence-corrected chi connectivity index (χ3v) is 5.76. The molecule has 1 atom stereocenters. The Morgan fingerprint density at radius 2 is 1.78 bits per heavy atom. The highest BCUT2D eigenvalue weighted by Crippen LogP contribution is 2.31. The standard InChI is InChI=1S/C23H28N2O2/c26-23(22-11-5-9-18-6-3-4-10-21(18)22)24-16-19-7-1-2-8-20(19)17-25-12-14-27-15-13-25/h1-4,6-8,10,22H,5,9,11-17H2,(H,24,26)/t22-/m1/s1. The fourth-order valence-corrected chi connectivity index (χ4v) is 4.22. The molecule has 4 nitrogen and oxygen atoms in total. The highest BCUT2D eigenvalue weighted by molar-refractivity contribution is 5.84. The maximum atomic E-state index is 12.9. The zero-order valence-corrected chi connectivity index (χ0v) is 15.8. The zero-order chi connectivity index (χ0) is 18.5. The van der Waals surface area contributed by atoms with Crippen molar-refractivity contribution in [3.63, 3.8) is 0 Å². The number of hydrogen-bond donors (Lipinski definition) is 1. The molecule has 0 spiro atoms. The van der Waals surface area contributed by atoms with Crippen LogP contribution in [0.25, 0.3) is 0 Å². The Labute approximate surface area is 161 Å². The molecule has 1 fully saturated rings. The molecule has 1 amide bonds. The summed E-state index contributed by atoms with van der Waals surface area (Å²) in [5, 5.41) is 3.21. The Morgan fingerprint density at radius 1 is 1.04 bits per heavy atom. The number of benzene rings is 2. The summed E-state index contributed by atoms with van der Waals surface area (Å²) in [4.78, 5) is 15.3. The molecule has 2 aromatic rings. The molecule has 2 aliphatic rings. The first kappa shape index (κ1) is 18.2. The average Bonchev–Trinajstić information content (AvgIpc) is 2.73. The van der Waals surface area contributed by atoms with Crippen LogP contribution in [0.1, 0.15) is 41.0 Å². The van der Waals surface area contributed by atoms with Gasteiger partial charge in [0.1, 0.15) is 0 Å². The number of aryl methyl sites for hydroxylation is 1. The Balaban J connectivity index is 1.41. The number of carbonyl (C=O) groups is 1. The van der Waals surface area contributed by atoms with Crippen LogP contribution in [0.15, 0.2) is 48.5 Å². The van der Waals surface area contributed by atoms with Crippen molar-refractivity contribution < 1.29 is 9.53 Å². The van der Waals surface area contributed by atoms with E-state index < -0.39 is 0 Å². The summed E-state index contributed by atoms with van der Waals surface area (Å²) in [5.41, 5.74) is 5.05. The number of ether oxygens (including phenoxy) is 1. The molecule has 0 unspecified atom stereocenters. The van der Waals surface area contributed by atoms with Crippen molar-refractivity contribution in [3.05, 3.63) is 70.8 Å². The lowest BCUT2D eigenvalue weighted by atomic mass is 9.82. The van der Waals surface area contributed by atoms with Gasteiger partial charge in [0.15, 0.2) is 0 Å². The van der Waals surface area contributed by atoms with E-state index in [0.29, 0.717) is 6.54 Å². The molecule has 0 saturated carbocycles. The van der Waals surface area contributed by atoms with Crippen molar-refractivity contribution in [2.24, 2.45) is 0 Å². The van der Waals surface area contributed by atoms with Crippen LogP contribution in [0, 0.1) is 0 Å². The topological polar surface area (TPSA) is 41.6 Å². The Hall–Kier alpha value is -2.17. The van der Waals surface area contributed by atoms with Gasteiger partial charge >= 0.3 is 0 Å². The van der Waals surface area contributed by atoms with Crippen LogP contribution in [-0.4, -0.2) is 37.1 Å². The predicted octanol–water partition coefficient (Wildman–Crippen LogP) is 3.26. The molecule has 0 bridgehead atoms. The summed E-state index contributed by atoms with van der Waals surface area (Å²) < 4.78 is 5.44. The Morgan fingerprint density at radius 3 is 2.63 bits per heavy atom. The molecule has 0 radical (unpaired) electrons. The second kappa shape index (κ2) is 8.68. The molecule has 27 heavy (non-hydrogen) atoms. The van der Waals surface area contributed by atoms with Crippen molar-refractivity contribution in [1.29, 1.82) is 0 Å². The quantitative estimate of drug-likeness (QED) is 0.885. The number of fused-ring (bicyclic) bond motifs is 1. The summed E-state index contributed by atoms with van der Waals surface area (Å²) in [5.74, 6) is 0.143. The van der Waals surface area contributed by atoms with E-state index in [0.717, 1.165) is 52.1 Å². The van der Waals surface area contributed by atoms with E-state index in [1.165, 1.54) is 22.3 Å². The van der Waals surface area contributed by atoms with Gasteiger partial charge in [0, 0.05) is 26.2 Å². The van der Waals surface area contributed by atoms with Gasteiger partial charge in [-0.2, -0.15) is 0 Å². The first-order chi connectivity index (χ1) is 13.3. The molecule has 2 aromatic carbocycles. The molecule has 142 valence electrons. The van der Waals surface area contributed by atoms with Crippen LogP contribution in [0.5, 0.6) is 0 Å². The van der Waals surface area contributed by atoms with Gasteiger partial charge in [0.2, 0.25) is 5.91 Å². The lowest BCUT2D eigenvalue weighted by Crippen LogP contribution is -2.36. The zero-order valence-electron chi connectivity index (χ0n) is 15.8. The molecule has 4 heteroatoms. The molecule has 1 aliphatic carbocycles. The van der Waals surface area contributed by atoms with E-state index in [-0.39, 0.29) is 11.8 Å². The van der Waals surface area contributed by atoms with Crippen LogP contribution in [0.4, 0.5) is 0 Å². The first-order valence-electron chi connectivity index (χ1n) is 10.0. The molecule has 0 aromatic heterocycles. The van der Waals surface area contributed by atoms with Gasteiger partial charge in [0.05, 0.1) is 19.1 Å². The van der Waals surface area contributed by atoms with Gasteiger partial charge < -0.3 is 10.1 Å². The van der Waals surface area contributed by atoms with Crippen molar-refractivity contribution >= 4 is 5.91 Å². The van der Waals surface area contributed by atoms with Gasteiger partial charge in [-0.3, -0.25) is 9.69 Å². The Bertz CT molecular complexity index is 783. The fraction of sp³-hybridized carbons (Fsp3) is 0.435. The van der Waals surface area contributed by atoms with Gasteiger partial charge in [-0.05, 0) is 41.5 Å². The first-order valence-corrected chi connectivity index (χ1v) is 10.0. The summed E-state index contributed by atoms with van der Waals surface area (Å²) in [7, 11) is 0. The monoisotopic (exact) mass is 364 g/mol. The second-order valence-corrected chi connectivity index (χ2v) is 7.52. The minimum Gasteiger partial charge on any atom is -0.379 e. The number of nitrogens with zero attached hydrogens (tertiary/aromatic N) is 1. The number of nitrogens with one attached hydrogen (secondary N) is 1. The van der Waals surface area contributed by atoms with E-state index in [1.807, 2.05) is 6.07 Å². The highest BCUT2D eigenvalue weighted by Gasteiger charge is 2.26. The van der Waals surface area contributed by atoms with Gasteiger partial charge in [-0.15, -0.1) is 0 Å². The largest absolute Gasteiger partial charge is 0.379 e. The molecule has 1 aliphatic heterocycles. The van der Waals surface area contributed by atoms with Crippen LogP contribution >= 0.6 is 0 Å². The molecular formula is C23H28N2O2. The minimum absolute atomic E-state index is 0.0126. The van der Waals surface area contributed by atoms with Crippen LogP contribution in [0.2, 0.25) is 0 Å². The van der Waals surface area contributed by atoms with Gasteiger partial charge in [0.25, 0.3) is 0 Å². The third kappa shape index (κ3) is 4.40. The summed E-state index contributed by atoms with van der Waals surface area (Å²) >= 11 is 0. The second-order valence-electron chi connectivity index (χ2n) is 7.52. The van der Waals surface area contributed by atoms with Crippen molar-refractivity contribution in [3.8, 4) is 0 Å². The lowest BCUT2D eigenvalue weighted by molar-refractivity contribution is -0.123. The highest BCUT2D eigenvalue weighted by atomic mass is 16.5. The van der Waals surface area contributed by atoms with Gasteiger partial charge in [-0.25, -0.2) is 0 Å². The van der Waals surface area contributed by atoms with Crippen molar-refractivity contribution in [1.82, 2.24) is 10.2 Å². The molecule has 4 rings (SSSR count). The average molecular weight is 364 g/mol. The van der Waals surface area contributed by atoms with Crippen LogP contribution < -0.4 is 5.32 Å². The Kier molecular flexibility index (Phi) is 5.85. The minimum atomic E-state index is -0.0126. The molecule has 1 N–H and O–H groups in total. The smallest absolute Gasteiger partial charge is 0.227 e. The SMILES string of the molecule is O=C(NCc1ccccc1CN1CCOCC1)[C@@H]1CCCc2ccccc21. The maximum absolute atomic E-state index is 12.9. The van der Waals surface area contributed by atoms with Crippen molar-refractivity contribution in [2.45, 2.75) is 38.3 Å². The summed E-state index contributed by atoms with van der Waals surface area (Å²) in [6.07, 6.45) is 3.11. The molecular weight excluding hydrogens is 336 g/mol. The molecule has 1 heterocycles. The number of amides is 1. The number of morpholine rings is 1. The summed E-state index contributed by atoms with van der Waals surface area (Å²) in [6.45, 7) is 5.07. The van der Waals surface area contributed by atoms with E-state index in [1.54, 1.807) is 0 Å². The van der Waals surface area contributed by atoms with E-state index in [9.17, 15) is 4.79 Å². The van der Waals surface area contributed by atoms with Crippen LogP contribution in [0.3, 0.4) is 0 Å². The lowest BCUT2D eigenvalue weighted by Gasteiger charge is -2.28. The fourth-order valence-electron chi connectivity index (χ4n) is 4.22. The third-order valence-electron chi connectivity index (χ3n) is 5.76. The number of carbonyl (C=O) groups excluding carboxylic acids is 1. The van der Waals surface area contributed by atoms with E-state index in [2.05, 4.69) is 52.7 Å². The van der Waals surface area contributed by atoms with E-state index >= 15 is 0 Å². The summed E-state index contributed by atoms with van der Waals surface area (Å²) in [6, 6.07) is 16.8. The predicted molar refractivity (Wildman–Crippen MR) is 107 cm³/mol.